The maximum atomic E-state index is 11.7. The van der Waals surface area contributed by atoms with Crippen LogP contribution < -0.4 is 9.03 Å². The van der Waals surface area contributed by atoms with Gasteiger partial charge in [0.15, 0.2) is 0 Å². The number of phenolic OH excluding ortho intramolecular Hbond substituents is 1. The molecule has 1 saturated heterocycles. The smallest absolute Gasteiger partial charge is 0.253 e. The molecule has 0 saturated carbocycles. The van der Waals surface area contributed by atoms with Gasteiger partial charge in [-0.25, -0.2) is 4.21 Å². The number of phenols is 1. The molecule has 3 rings (SSSR count). The molecule has 0 radical (unpaired) electrons. The fourth-order valence-corrected chi connectivity index (χ4v) is 3.44. The predicted molar refractivity (Wildman–Crippen MR) is 68.4 cm³/mol. The zero-order chi connectivity index (χ0) is 12.7. The van der Waals surface area contributed by atoms with Gasteiger partial charge in [-0.15, -0.1) is 0 Å². The van der Waals surface area contributed by atoms with Gasteiger partial charge in [0.05, 0.1) is 5.69 Å². The standard InChI is InChI=1S/C12H14N2O3S/c15-11-6-9-4-2-1-3-8(9)5-10(11)14-7-12(16)13-18(14)17/h5-6,15H,1-4,7H2,(H,13,16). The Morgan fingerprint density at radius 1 is 1.22 bits per heavy atom. The number of benzene rings is 1. The van der Waals surface area contributed by atoms with Crippen molar-refractivity contribution < 1.29 is 14.1 Å². The Hall–Kier alpha value is -1.56. The van der Waals surface area contributed by atoms with Crippen LogP contribution in [0.5, 0.6) is 5.75 Å². The molecule has 18 heavy (non-hydrogen) atoms. The van der Waals surface area contributed by atoms with Crippen molar-refractivity contribution in [2.24, 2.45) is 0 Å². The molecule has 1 amide bonds. The molecule has 0 bridgehead atoms. The third-order valence-corrected chi connectivity index (χ3v) is 4.52. The topological polar surface area (TPSA) is 69.6 Å². The van der Waals surface area contributed by atoms with Crippen molar-refractivity contribution >= 4 is 22.8 Å². The maximum Gasteiger partial charge on any atom is 0.253 e. The first-order valence-corrected chi connectivity index (χ1v) is 7.09. The normalized spacial score (nSPS) is 22.8. The molecule has 2 N–H and O–H groups in total. The van der Waals surface area contributed by atoms with E-state index in [9.17, 15) is 14.1 Å². The number of nitrogens with zero attached hydrogens (tertiary/aromatic N) is 1. The lowest BCUT2D eigenvalue weighted by molar-refractivity contribution is -0.117. The molecule has 1 aromatic carbocycles. The quantitative estimate of drug-likeness (QED) is 0.789. The number of hydrogen-bond acceptors (Lipinski definition) is 3. The van der Waals surface area contributed by atoms with Crippen molar-refractivity contribution in [1.29, 1.82) is 0 Å². The largest absolute Gasteiger partial charge is 0.506 e. The van der Waals surface area contributed by atoms with Gasteiger partial charge in [0.25, 0.3) is 5.91 Å². The monoisotopic (exact) mass is 266 g/mol. The van der Waals surface area contributed by atoms with E-state index in [4.69, 9.17) is 0 Å². The van der Waals surface area contributed by atoms with Crippen LogP contribution in [0.3, 0.4) is 0 Å². The van der Waals surface area contributed by atoms with Crippen LogP contribution in [0, 0.1) is 0 Å². The van der Waals surface area contributed by atoms with Gasteiger partial charge < -0.3 is 5.11 Å². The van der Waals surface area contributed by atoms with Crippen molar-refractivity contribution in [2.45, 2.75) is 25.7 Å². The van der Waals surface area contributed by atoms with E-state index in [1.807, 2.05) is 6.07 Å². The highest BCUT2D eigenvalue weighted by Crippen LogP contribution is 2.35. The molecule has 1 fully saturated rings. The zero-order valence-electron chi connectivity index (χ0n) is 9.81. The van der Waals surface area contributed by atoms with E-state index in [-0.39, 0.29) is 18.2 Å². The molecule has 1 aliphatic carbocycles. The second-order valence-electron chi connectivity index (χ2n) is 4.63. The van der Waals surface area contributed by atoms with Crippen LogP contribution in [0.15, 0.2) is 12.1 Å². The van der Waals surface area contributed by atoms with Crippen molar-refractivity contribution in [1.82, 2.24) is 4.72 Å². The molecule has 6 heteroatoms. The summed E-state index contributed by atoms with van der Waals surface area (Å²) in [7, 11) is 0. The molecule has 5 nitrogen and oxygen atoms in total. The molecular formula is C12H14N2O3S. The van der Waals surface area contributed by atoms with Crippen molar-refractivity contribution in [3.8, 4) is 5.75 Å². The summed E-state index contributed by atoms with van der Waals surface area (Å²) in [6.07, 6.45) is 4.23. The summed E-state index contributed by atoms with van der Waals surface area (Å²) in [6.45, 7) is 0.0267. The molecule has 1 heterocycles. The number of carbonyl (C=O) groups is 1. The molecule has 2 aliphatic rings. The van der Waals surface area contributed by atoms with E-state index in [2.05, 4.69) is 4.72 Å². The number of amides is 1. The highest BCUT2D eigenvalue weighted by molar-refractivity contribution is 7.85. The highest BCUT2D eigenvalue weighted by Gasteiger charge is 2.29. The minimum atomic E-state index is -1.58. The highest BCUT2D eigenvalue weighted by atomic mass is 32.2. The van der Waals surface area contributed by atoms with Crippen molar-refractivity contribution in [2.75, 3.05) is 10.8 Å². The van der Waals surface area contributed by atoms with Gasteiger partial charge in [-0.1, -0.05) is 0 Å². The summed E-state index contributed by atoms with van der Waals surface area (Å²) in [5.41, 5.74) is 2.82. The average molecular weight is 266 g/mol. The number of rotatable bonds is 1. The van der Waals surface area contributed by atoms with Gasteiger partial charge in [0.2, 0.25) is 11.2 Å². The number of aromatic hydroxyl groups is 1. The Morgan fingerprint density at radius 3 is 2.50 bits per heavy atom. The SMILES string of the molecule is O=C1CN(c2cc3c(cc2O)CCCC3)S(=O)N1. The minimum Gasteiger partial charge on any atom is -0.506 e. The first-order chi connectivity index (χ1) is 8.65. The van der Waals surface area contributed by atoms with Crippen molar-refractivity contribution in [3.05, 3.63) is 23.3 Å². The lowest BCUT2D eigenvalue weighted by Gasteiger charge is -2.21. The molecular weight excluding hydrogens is 252 g/mol. The van der Waals surface area contributed by atoms with Crippen LogP contribution in [0.4, 0.5) is 5.69 Å². The van der Waals surface area contributed by atoms with Crippen LogP contribution in [-0.4, -0.2) is 21.8 Å². The Kier molecular flexibility index (Phi) is 2.74. The molecule has 1 atom stereocenters. The van der Waals surface area contributed by atoms with E-state index in [0.29, 0.717) is 5.69 Å². The molecule has 1 aromatic rings. The number of nitrogens with one attached hydrogen (secondary N) is 1. The number of anilines is 1. The third kappa shape index (κ3) is 1.86. The molecule has 0 spiro atoms. The summed E-state index contributed by atoms with van der Waals surface area (Å²) >= 11 is -1.58. The second-order valence-corrected chi connectivity index (χ2v) is 5.77. The van der Waals surface area contributed by atoms with Gasteiger partial charge in [0.1, 0.15) is 12.3 Å². The first-order valence-electron chi connectivity index (χ1n) is 5.99. The summed E-state index contributed by atoms with van der Waals surface area (Å²) in [5.74, 6) is -0.189. The van der Waals surface area contributed by atoms with E-state index < -0.39 is 11.2 Å². The minimum absolute atomic E-state index is 0.0267. The predicted octanol–water partition coefficient (Wildman–Crippen LogP) is 0.786. The summed E-state index contributed by atoms with van der Waals surface area (Å²) < 4.78 is 15.4. The zero-order valence-corrected chi connectivity index (χ0v) is 10.6. The number of hydrogen-bond donors (Lipinski definition) is 2. The number of aryl methyl sites for hydroxylation is 2. The molecule has 0 aromatic heterocycles. The van der Waals surface area contributed by atoms with Gasteiger partial charge >= 0.3 is 0 Å². The summed E-state index contributed by atoms with van der Waals surface area (Å²) in [4.78, 5) is 11.2. The summed E-state index contributed by atoms with van der Waals surface area (Å²) in [5, 5.41) is 10.0. The fourth-order valence-electron chi connectivity index (χ4n) is 2.51. The van der Waals surface area contributed by atoms with Gasteiger partial charge in [0, 0.05) is 0 Å². The second kappa shape index (κ2) is 4.28. The lowest BCUT2D eigenvalue weighted by Crippen LogP contribution is -2.23. The van der Waals surface area contributed by atoms with E-state index in [1.54, 1.807) is 6.07 Å². The van der Waals surface area contributed by atoms with E-state index in [0.717, 1.165) is 31.2 Å². The Morgan fingerprint density at radius 2 is 1.89 bits per heavy atom. The van der Waals surface area contributed by atoms with Gasteiger partial charge in [-0.3, -0.25) is 13.8 Å². The maximum absolute atomic E-state index is 11.7. The Labute approximate surface area is 108 Å². The molecule has 96 valence electrons. The molecule has 1 aliphatic heterocycles. The van der Waals surface area contributed by atoms with E-state index >= 15 is 0 Å². The van der Waals surface area contributed by atoms with Gasteiger partial charge in [-0.2, -0.15) is 0 Å². The lowest BCUT2D eigenvalue weighted by atomic mass is 9.91. The summed E-state index contributed by atoms with van der Waals surface area (Å²) in [6, 6.07) is 3.60. The van der Waals surface area contributed by atoms with Crippen molar-refractivity contribution in [3.63, 3.8) is 0 Å². The van der Waals surface area contributed by atoms with Crippen LogP contribution in [-0.2, 0) is 28.8 Å². The van der Waals surface area contributed by atoms with Gasteiger partial charge in [-0.05, 0) is 48.9 Å². The first kappa shape index (κ1) is 11.5. The molecule has 1 unspecified atom stereocenters. The Balaban J connectivity index is 2.02. The fraction of sp³-hybridized carbons (Fsp3) is 0.417. The average Bonchev–Trinajstić information content (AvgIpc) is 2.67. The van der Waals surface area contributed by atoms with E-state index in [1.165, 1.54) is 9.87 Å². The third-order valence-electron chi connectivity index (χ3n) is 3.40. The Bertz CT molecular complexity index is 544. The van der Waals surface area contributed by atoms with Crippen LogP contribution in [0.2, 0.25) is 0 Å². The number of carbonyl (C=O) groups excluding carboxylic acids is 1. The van der Waals surface area contributed by atoms with Crippen LogP contribution in [0.25, 0.3) is 0 Å². The number of fused-ring (bicyclic) bond motifs is 1. The van der Waals surface area contributed by atoms with Crippen LogP contribution in [0.1, 0.15) is 24.0 Å². The van der Waals surface area contributed by atoms with Crippen LogP contribution >= 0.6 is 0 Å².